The molecule has 1 heterocycles. The largest absolute Gasteiger partial charge is 0.399 e. The average molecular weight is 328 g/mol. The second-order valence-electron chi connectivity index (χ2n) is 6.20. The van der Waals surface area contributed by atoms with E-state index in [9.17, 15) is 9.18 Å². The molecule has 0 aromatic heterocycles. The normalized spacial score (nSPS) is 20.8. The minimum absolute atomic E-state index is 0.0574. The van der Waals surface area contributed by atoms with Crippen molar-refractivity contribution in [3.8, 4) is 0 Å². The van der Waals surface area contributed by atoms with Crippen molar-refractivity contribution in [2.75, 3.05) is 18.8 Å². The van der Waals surface area contributed by atoms with E-state index in [-0.39, 0.29) is 23.9 Å². The van der Waals surface area contributed by atoms with Gasteiger partial charge in [0.2, 0.25) is 5.91 Å². The standard InChI is InChI=1S/C19H21FN2O2/c1-13-11-22(19(23)10-14-2-8-17(21)9-3-14)12-18(24-13)15-4-6-16(20)7-5-15/h2-9,13,18H,10-12,21H2,1H3/t13-,18-/m1/s1. The van der Waals surface area contributed by atoms with Crippen molar-refractivity contribution in [2.45, 2.75) is 25.6 Å². The van der Waals surface area contributed by atoms with Gasteiger partial charge in [-0.25, -0.2) is 4.39 Å². The number of hydrogen-bond acceptors (Lipinski definition) is 3. The molecule has 0 unspecified atom stereocenters. The topological polar surface area (TPSA) is 55.6 Å². The summed E-state index contributed by atoms with van der Waals surface area (Å²) in [5, 5.41) is 0. The highest BCUT2D eigenvalue weighted by atomic mass is 19.1. The number of nitrogens with zero attached hydrogens (tertiary/aromatic N) is 1. The zero-order valence-corrected chi connectivity index (χ0v) is 13.6. The summed E-state index contributed by atoms with van der Waals surface area (Å²) in [6.07, 6.45) is 0.0391. The summed E-state index contributed by atoms with van der Waals surface area (Å²) in [5.74, 6) is -0.221. The summed E-state index contributed by atoms with van der Waals surface area (Å²) < 4.78 is 19.0. The number of anilines is 1. The molecule has 2 aromatic carbocycles. The molecule has 0 saturated carbocycles. The van der Waals surface area contributed by atoms with Crippen LogP contribution in [0.25, 0.3) is 0 Å². The van der Waals surface area contributed by atoms with E-state index in [1.165, 1.54) is 12.1 Å². The molecule has 3 rings (SSSR count). The molecule has 2 N–H and O–H groups in total. The zero-order chi connectivity index (χ0) is 17.1. The highest BCUT2D eigenvalue weighted by molar-refractivity contribution is 5.79. The number of nitrogens with two attached hydrogens (primary N) is 1. The molecule has 0 aliphatic carbocycles. The lowest BCUT2D eigenvalue weighted by Crippen LogP contribution is -2.46. The highest BCUT2D eigenvalue weighted by Crippen LogP contribution is 2.26. The van der Waals surface area contributed by atoms with Crippen molar-refractivity contribution in [3.63, 3.8) is 0 Å². The van der Waals surface area contributed by atoms with Gasteiger partial charge in [-0.15, -0.1) is 0 Å². The van der Waals surface area contributed by atoms with Gasteiger partial charge in [-0.2, -0.15) is 0 Å². The Hall–Kier alpha value is -2.40. The number of ether oxygens (including phenoxy) is 1. The van der Waals surface area contributed by atoms with Gasteiger partial charge < -0.3 is 15.4 Å². The van der Waals surface area contributed by atoms with E-state index >= 15 is 0 Å². The van der Waals surface area contributed by atoms with Crippen molar-refractivity contribution in [2.24, 2.45) is 0 Å². The van der Waals surface area contributed by atoms with Gasteiger partial charge >= 0.3 is 0 Å². The fourth-order valence-corrected chi connectivity index (χ4v) is 2.94. The average Bonchev–Trinajstić information content (AvgIpc) is 2.57. The molecular weight excluding hydrogens is 307 g/mol. The summed E-state index contributed by atoms with van der Waals surface area (Å²) in [4.78, 5) is 14.4. The Balaban J connectivity index is 1.69. The molecule has 24 heavy (non-hydrogen) atoms. The van der Waals surface area contributed by atoms with Gasteiger partial charge in [0.05, 0.1) is 19.1 Å². The van der Waals surface area contributed by atoms with Crippen LogP contribution in [0, 0.1) is 5.82 Å². The SMILES string of the molecule is C[C@@H]1CN(C(=O)Cc2ccc(N)cc2)C[C@H](c2ccc(F)cc2)O1. The third-order valence-corrected chi connectivity index (χ3v) is 4.19. The molecule has 5 heteroatoms. The predicted molar refractivity (Wildman–Crippen MR) is 90.8 cm³/mol. The summed E-state index contributed by atoms with van der Waals surface area (Å²) >= 11 is 0. The Morgan fingerprint density at radius 1 is 1.17 bits per heavy atom. The summed E-state index contributed by atoms with van der Waals surface area (Å²) in [6, 6.07) is 13.6. The fourth-order valence-electron chi connectivity index (χ4n) is 2.94. The molecule has 0 bridgehead atoms. The maximum Gasteiger partial charge on any atom is 0.227 e. The first-order chi connectivity index (χ1) is 11.5. The summed E-state index contributed by atoms with van der Waals surface area (Å²) in [6.45, 7) is 2.98. The van der Waals surface area contributed by atoms with Crippen LogP contribution in [-0.4, -0.2) is 30.0 Å². The van der Waals surface area contributed by atoms with Gasteiger partial charge in [-0.1, -0.05) is 24.3 Å². The van der Waals surface area contributed by atoms with Crippen molar-refractivity contribution in [3.05, 3.63) is 65.5 Å². The molecule has 1 aliphatic rings. The molecule has 1 fully saturated rings. The van der Waals surface area contributed by atoms with E-state index in [1.54, 1.807) is 24.3 Å². The smallest absolute Gasteiger partial charge is 0.227 e. The van der Waals surface area contributed by atoms with Crippen LogP contribution in [0.15, 0.2) is 48.5 Å². The molecule has 2 atom stereocenters. The lowest BCUT2D eigenvalue weighted by molar-refractivity contribution is -0.144. The molecule has 126 valence electrons. The van der Waals surface area contributed by atoms with Crippen LogP contribution in [-0.2, 0) is 16.0 Å². The number of rotatable bonds is 3. The molecule has 1 saturated heterocycles. The number of halogens is 1. The molecule has 1 amide bonds. The maximum atomic E-state index is 13.1. The van der Waals surface area contributed by atoms with Crippen LogP contribution in [0.3, 0.4) is 0 Å². The summed E-state index contributed by atoms with van der Waals surface area (Å²) in [5.41, 5.74) is 8.18. The van der Waals surface area contributed by atoms with Gasteiger partial charge in [-0.05, 0) is 42.3 Å². The van der Waals surface area contributed by atoms with Gasteiger partial charge in [0, 0.05) is 12.2 Å². The van der Waals surface area contributed by atoms with Crippen molar-refractivity contribution in [1.82, 2.24) is 4.90 Å². The van der Waals surface area contributed by atoms with Crippen LogP contribution in [0.2, 0.25) is 0 Å². The van der Waals surface area contributed by atoms with Gasteiger partial charge in [0.25, 0.3) is 0 Å². The Bertz CT molecular complexity index is 700. The molecule has 0 spiro atoms. The van der Waals surface area contributed by atoms with Gasteiger partial charge in [0.15, 0.2) is 0 Å². The number of carbonyl (C=O) groups is 1. The Kier molecular flexibility index (Phi) is 4.81. The lowest BCUT2D eigenvalue weighted by Gasteiger charge is -2.37. The number of hydrogen-bond donors (Lipinski definition) is 1. The van der Waals surface area contributed by atoms with E-state index in [0.29, 0.717) is 25.2 Å². The molecule has 4 nitrogen and oxygen atoms in total. The van der Waals surface area contributed by atoms with Crippen molar-refractivity contribution >= 4 is 11.6 Å². The van der Waals surface area contributed by atoms with E-state index in [2.05, 4.69) is 0 Å². The van der Waals surface area contributed by atoms with E-state index in [0.717, 1.165) is 11.1 Å². The molecule has 1 aliphatic heterocycles. The highest BCUT2D eigenvalue weighted by Gasteiger charge is 2.29. The fraction of sp³-hybridized carbons (Fsp3) is 0.316. The van der Waals surface area contributed by atoms with E-state index in [4.69, 9.17) is 10.5 Å². The quantitative estimate of drug-likeness (QED) is 0.882. The third kappa shape index (κ3) is 3.92. The first-order valence-corrected chi connectivity index (χ1v) is 8.04. The van der Waals surface area contributed by atoms with E-state index < -0.39 is 0 Å². The summed E-state index contributed by atoms with van der Waals surface area (Å²) in [7, 11) is 0. The maximum absolute atomic E-state index is 13.1. The lowest BCUT2D eigenvalue weighted by atomic mass is 10.1. The number of nitrogen functional groups attached to an aromatic ring is 1. The Morgan fingerprint density at radius 3 is 2.50 bits per heavy atom. The first kappa shape index (κ1) is 16.5. The molecular formula is C19H21FN2O2. The molecule has 0 radical (unpaired) electrons. The number of carbonyl (C=O) groups excluding carboxylic acids is 1. The van der Waals surface area contributed by atoms with Crippen molar-refractivity contribution < 1.29 is 13.9 Å². The minimum Gasteiger partial charge on any atom is -0.399 e. The molecule has 2 aromatic rings. The third-order valence-electron chi connectivity index (χ3n) is 4.19. The second-order valence-corrected chi connectivity index (χ2v) is 6.20. The van der Waals surface area contributed by atoms with Crippen LogP contribution >= 0.6 is 0 Å². The second kappa shape index (κ2) is 7.01. The zero-order valence-electron chi connectivity index (χ0n) is 13.6. The predicted octanol–water partition coefficient (Wildman–Crippen LogP) is 2.94. The van der Waals surface area contributed by atoms with E-state index in [1.807, 2.05) is 24.0 Å². The van der Waals surface area contributed by atoms with Crippen LogP contribution in [0.5, 0.6) is 0 Å². The monoisotopic (exact) mass is 328 g/mol. The van der Waals surface area contributed by atoms with Crippen LogP contribution in [0.4, 0.5) is 10.1 Å². The minimum atomic E-state index is -0.279. The number of morpholine rings is 1. The van der Waals surface area contributed by atoms with Crippen LogP contribution in [0.1, 0.15) is 24.2 Å². The first-order valence-electron chi connectivity index (χ1n) is 8.04. The number of benzene rings is 2. The van der Waals surface area contributed by atoms with Crippen LogP contribution < -0.4 is 5.73 Å². The van der Waals surface area contributed by atoms with Crippen molar-refractivity contribution in [1.29, 1.82) is 0 Å². The van der Waals surface area contributed by atoms with Gasteiger partial charge in [-0.3, -0.25) is 4.79 Å². The Morgan fingerprint density at radius 2 is 1.83 bits per heavy atom. The Labute approximate surface area is 141 Å². The van der Waals surface area contributed by atoms with Gasteiger partial charge in [0.1, 0.15) is 11.9 Å². The number of amides is 1.